The molecule has 0 aliphatic rings. The number of carbonyl (C=O) groups is 1. The van der Waals surface area contributed by atoms with Gasteiger partial charge in [0.1, 0.15) is 5.82 Å². The fourth-order valence-electron chi connectivity index (χ4n) is 2.26. The minimum atomic E-state index is -1.08. The SMILES string of the molecule is Cc1cc(CNc2cccc(F)c2)cc(C)c1NC(=O)O. The first kappa shape index (κ1) is 14.8. The monoisotopic (exact) mass is 288 g/mol. The van der Waals surface area contributed by atoms with Gasteiger partial charge in [0.25, 0.3) is 0 Å². The van der Waals surface area contributed by atoms with Crippen LogP contribution in [0.25, 0.3) is 0 Å². The van der Waals surface area contributed by atoms with Crippen LogP contribution in [0.3, 0.4) is 0 Å². The number of rotatable bonds is 4. The van der Waals surface area contributed by atoms with E-state index in [1.54, 1.807) is 12.1 Å². The Morgan fingerprint density at radius 3 is 2.43 bits per heavy atom. The maximum atomic E-state index is 13.1. The largest absolute Gasteiger partial charge is 0.465 e. The third kappa shape index (κ3) is 3.95. The minimum Gasteiger partial charge on any atom is -0.465 e. The van der Waals surface area contributed by atoms with Gasteiger partial charge in [-0.1, -0.05) is 18.2 Å². The number of amides is 1. The van der Waals surface area contributed by atoms with Crippen LogP contribution >= 0.6 is 0 Å². The van der Waals surface area contributed by atoms with Crippen LogP contribution in [-0.4, -0.2) is 11.2 Å². The summed E-state index contributed by atoms with van der Waals surface area (Å²) in [6.07, 6.45) is -1.08. The molecule has 0 aromatic heterocycles. The Bertz CT molecular complexity index is 648. The van der Waals surface area contributed by atoms with E-state index in [-0.39, 0.29) is 5.82 Å². The Morgan fingerprint density at radius 1 is 1.19 bits per heavy atom. The first-order chi connectivity index (χ1) is 9.95. The van der Waals surface area contributed by atoms with Crippen molar-refractivity contribution in [2.75, 3.05) is 10.6 Å². The van der Waals surface area contributed by atoms with E-state index in [1.165, 1.54) is 12.1 Å². The van der Waals surface area contributed by atoms with Gasteiger partial charge >= 0.3 is 6.09 Å². The highest BCUT2D eigenvalue weighted by Crippen LogP contribution is 2.23. The van der Waals surface area contributed by atoms with Crippen molar-refractivity contribution < 1.29 is 14.3 Å². The lowest BCUT2D eigenvalue weighted by Gasteiger charge is -2.13. The molecule has 0 saturated heterocycles. The van der Waals surface area contributed by atoms with Crippen LogP contribution < -0.4 is 10.6 Å². The molecule has 2 aromatic carbocycles. The third-order valence-corrected chi connectivity index (χ3v) is 3.15. The van der Waals surface area contributed by atoms with Crippen LogP contribution in [0.2, 0.25) is 0 Å². The minimum absolute atomic E-state index is 0.284. The van der Waals surface area contributed by atoms with Gasteiger partial charge in [0.05, 0.1) is 0 Å². The zero-order chi connectivity index (χ0) is 15.4. The molecule has 1 amide bonds. The topological polar surface area (TPSA) is 61.4 Å². The zero-order valence-corrected chi connectivity index (χ0v) is 11.9. The number of nitrogens with one attached hydrogen (secondary N) is 2. The normalized spacial score (nSPS) is 10.2. The van der Waals surface area contributed by atoms with Crippen molar-refractivity contribution >= 4 is 17.5 Å². The highest BCUT2D eigenvalue weighted by Gasteiger charge is 2.08. The summed E-state index contributed by atoms with van der Waals surface area (Å²) in [5.74, 6) is -0.284. The molecule has 5 heteroatoms. The summed E-state index contributed by atoms with van der Waals surface area (Å²) in [7, 11) is 0. The van der Waals surface area contributed by atoms with Crippen LogP contribution in [0.4, 0.5) is 20.6 Å². The van der Waals surface area contributed by atoms with Crippen LogP contribution in [0, 0.1) is 19.7 Å². The Balaban J connectivity index is 2.13. The van der Waals surface area contributed by atoms with Crippen molar-refractivity contribution in [3.05, 3.63) is 58.9 Å². The number of carboxylic acid groups (broad SMARTS) is 1. The average molecular weight is 288 g/mol. The molecule has 2 rings (SSSR count). The molecule has 0 saturated carbocycles. The van der Waals surface area contributed by atoms with E-state index in [9.17, 15) is 9.18 Å². The van der Waals surface area contributed by atoms with E-state index in [0.717, 1.165) is 16.7 Å². The quantitative estimate of drug-likeness (QED) is 0.792. The third-order valence-electron chi connectivity index (χ3n) is 3.15. The average Bonchev–Trinajstić information content (AvgIpc) is 2.40. The van der Waals surface area contributed by atoms with Gasteiger partial charge in [-0.2, -0.15) is 0 Å². The Morgan fingerprint density at radius 2 is 1.86 bits per heavy atom. The van der Waals surface area contributed by atoms with E-state index in [0.29, 0.717) is 17.9 Å². The summed E-state index contributed by atoms with van der Waals surface area (Å²) in [6.45, 7) is 4.24. The molecule has 0 radical (unpaired) electrons. The molecule has 110 valence electrons. The molecular weight excluding hydrogens is 271 g/mol. The molecule has 0 spiro atoms. The van der Waals surface area contributed by atoms with Crippen molar-refractivity contribution in [1.82, 2.24) is 0 Å². The van der Waals surface area contributed by atoms with Crippen molar-refractivity contribution in [2.45, 2.75) is 20.4 Å². The van der Waals surface area contributed by atoms with Gasteiger partial charge in [-0.15, -0.1) is 0 Å². The van der Waals surface area contributed by atoms with Crippen LogP contribution in [0.1, 0.15) is 16.7 Å². The molecule has 0 unspecified atom stereocenters. The molecule has 0 fully saturated rings. The number of benzene rings is 2. The summed E-state index contributed by atoms with van der Waals surface area (Å²) in [4.78, 5) is 10.7. The summed E-state index contributed by atoms with van der Waals surface area (Å²) in [5, 5.41) is 14.3. The Labute approximate surface area is 122 Å². The second kappa shape index (κ2) is 6.26. The first-order valence-electron chi connectivity index (χ1n) is 6.55. The lowest BCUT2D eigenvalue weighted by molar-refractivity contribution is 0.209. The lowest BCUT2D eigenvalue weighted by atomic mass is 10.0. The van der Waals surface area contributed by atoms with Gasteiger partial charge in [0.15, 0.2) is 0 Å². The van der Waals surface area contributed by atoms with Crippen molar-refractivity contribution in [1.29, 1.82) is 0 Å². The predicted molar refractivity (Wildman–Crippen MR) is 81.3 cm³/mol. The lowest BCUT2D eigenvalue weighted by Crippen LogP contribution is -2.10. The second-order valence-corrected chi connectivity index (χ2v) is 4.90. The van der Waals surface area contributed by atoms with Gasteiger partial charge in [-0.25, -0.2) is 9.18 Å². The fraction of sp³-hybridized carbons (Fsp3) is 0.188. The first-order valence-corrected chi connectivity index (χ1v) is 6.55. The molecule has 21 heavy (non-hydrogen) atoms. The molecular formula is C16H17FN2O2. The second-order valence-electron chi connectivity index (χ2n) is 4.90. The summed E-state index contributed by atoms with van der Waals surface area (Å²) in [5.41, 5.74) is 4.03. The smallest absolute Gasteiger partial charge is 0.409 e. The van der Waals surface area contributed by atoms with Crippen molar-refractivity contribution in [3.63, 3.8) is 0 Å². The molecule has 4 nitrogen and oxygen atoms in total. The fourth-order valence-corrected chi connectivity index (χ4v) is 2.26. The van der Waals surface area contributed by atoms with Gasteiger partial charge in [0.2, 0.25) is 0 Å². The number of aryl methyl sites for hydroxylation is 2. The number of halogens is 1. The van der Waals surface area contributed by atoms with E-state index in [1.807, 2.05) is 26.0 Å². The Hall–Kier alpha value is -2.56. The molecule has 0 aliphatic heterocycles. The van der Waals surface area contributed by atoms with E-state index in [2.05, 4.69) is 10.6 Å². The molecule has 0 atom stereocenters. The molecule has 3 N–H and O–H groups in total. The Kier molecular flexibility index (Phi) is 4.42. The van der Waals surface area contributed by atoms with Crippen molar-refractivity contribution in [2.24, 2.45) is 0 Å². The highest BCUT2D eigenvalue weighted by molar-refractivity contribution is 5.85. The van der Waals surface area contributed by atoms with Gasteiger partial charge < -0.3 is 10.4 Å². The zero-order valence-electron chi connectivity index (χ0n) is 11.9. The van der Waals surface area contributed by atoms with Crippen molar-refractivity contribution in [3.8, 4) is 0 Å². The summed E-state index contributed by atoms with van der Waals surface area (Å²) in [6, 6.07) is 10.1. The summed E-state index contributed by atoms with van der Waals surface area (Å²) < 4.78 is 13.1. The highest BCUT2D eigenvalue weighted by atomic mass is 19.1. The van der Waals surface area contributed by atoms with Crippen LogP contribution in [-0.2, 0) is 6.54 Å². The molecule has 0 bridgehead atoms. The van der Waals surface area contributed by atoms with Crippen LogP contribution in [0.5, 0.6) is 0 Å². The molecule has 2 aromatic rings. The van der Waals surface area contributed by atoms with E-state index in [4.69, 9.17) is 5.11 Å². The number of anilines is 2. The number of hydrogen-bond donors (Lipinski definition) is 3. The van der Waals surface area contributed by atoms with Gasteiger partial charge in [-0.05, 0) is 48.7 Å². The van der Waals surface area contributed by atoms with Gasteiger partial charge in [-0.3, -0.25) is 5.32 Å². The van der Waals surface area contributed by atoms with E-state index >= 15 is 0 Å². The summed E-state index contributed by atoms with van der Waals surface area (Å²) >= 11 is 0. The standard InChI is InChI=1S/C16H17FN2O2/c1-10-6-12(7-11(2)15(10)19-16(20)21)9-18-14-5-3-4-13(17)8-14/h3-8,18-19H,9H2,1-2H3,(H,20,21). The van der Waals surface area contributed by atoms with E-state index < -0.39 is 6.09 Å². The maximum absolute atomic E-state index is 13.1. The predicted octanol–water partition coefficient (Wildman–Crippen LogP) is 4.14. The van der Waals surface area contributed by atoms with Crippen LogP contribution in [0.15, 0.2) is 36.4 Å². The van der Waals surface area contributed by atoms with Gasteiger partial charge in [0, 0.05) is 17.9 Å². The molecule has 0 heterocycles. The molecule has 0 aliphatic carbocycles. The number of hydrogen-bond acceptors (Lipinski definition) is 2. The maximum Gasteiger partial charge on any atom is 0.409 e.